The lowest BCUT2D eigenvalue weighted by molar-refractivity contribution is 0.0938. The first-order valence-electron chi connectivity index (χ1n) is 9.04. The van der Waals surface area contributed by atoms with Gasteiger partial charge < -0.3 is 24.8 Å². The van der Waals surface area contributed by atoms with Gasteiger partial charge in [0, 0.05) is 18.6 Å². The number of imidazole rings is 1. The predicted octanol–water partition coefficient (Wildman–Crippen LogP) is 0.963. The van der Waals surface area contributed by atoms with Gasteiger partial charge in [-0.25, -0.2) is 4.79 Å². The Morgan fingerprint density at radius 1 is 1.30 bits per heavy atom. The van der Waals surface area contributed by atoms with Crippen molar-refractivity contribution in [3.8, 4) is 5.75 Å². The summed E-state index contributed by atoms with van der Waals surface area (Å²) in [6.07, 6.45) is -1.72. The number of anilines is 1. The van der Waals surface area contributed by atoms with E-state index in [-0.39, 0.29) is 36.8 Å². The molecule has 0 saturated carbocycles. The van der Waals surface area contributed by atoms with E-state index in [0.717, 1.165) is 0 Å². The number of hydrogen-bond acceptors (Lipinski definition) is 7. The maximum atomic E-state index is 12.4. The second-order valence-corrected chi connectivity index (χ2v) is 7.65. The molecule has 0 aliphatic carbocycles. The number of nitrogens with zero attached hydrogens (tertiary/aromatic N) is 3. The third kappa shape index (κ3) is 4.78. The molecule has 0 radical (unpaired) electrons. The Morgan fingerprint density at radius 2 is 2.03 bits per heavy atom. The summed E-state index contributed by atoms with van der Waals surface area (Å²) < 4.78 is 8.18. The number of rotatable bonds is 8. The zero-order valence-corrected chi connectivity index (χ0v) is 17.7. The van der Waals surface area contributed by atoms with Crippen molar-refractivity contribution >= 4 is 40.3 Å². The first-order valence-corrected chi connectivity index (χ1v) is 9.80. The Balaban J connectivity index is 1.89. The molecule has 0 bridgehead atoms. The molecule has 2 heterocycles. The van der Waals surface area contributed by atoms with E-state index in [1.54, 1.807) is 19.1 Å². The summed E-state index contributed by atoms with van der Waals surface area (Å²) in [6, 6.07) is 4.71. The number of H-pyrrole nitrogens is 1. The second kappa shape index (κ2) is 9.09. The van der Waals surface area contributed by atoms with Crippen molar-refractivity contribution in [2.75, 3.05) is 18.5 Å². The van der Waals surface area contributed by atoms with Crippen molar-refractivity contribution in [3.05, 3.63) is 49.1 Å². The number of aromatic amines is 1. The average molecular weight is 458 g/mol. The van der Waals surface area contributed by atoms with Crippen LogP contribution in [-0.4, -0.2) is 54.7 Å². The van der Waals surface area contributed by atoms with Gasteiger partial charge >= 0.3 is 5.69 Å². The van der Waals surface area contributed by atoms with Crippen LogP contribution in [0.2, 0.25) is 10.0 Å². The van der Waals surface area contributed by atoms with Crippen LogP contribution in [0, 0.1) is 0 Å². The minimum atomic E-state index is -1.04. The molecule has 4 N–H and O–H groups in total. The van der Waals surface area contributed by atoms with Gasteiger partial charge in [-0.1, -0.05) is 23.2 Å². The number of aromatic nitrogens is 4. The summed E-state index contributed by atoms with van der Waals surface area (Å²) in [7, 11) is 1.47. The van der Waals surface area contributed by atoms with Crippen LogP contribution in [0.5, 0.6) is 5.75 Å². The molecule has 3 rings (SSSR count). The van der Waals surface area contributed by atoms with Crippen molar-refractivity contribution in [2.45, 2.75) is 25.7 Å². The molecule has 0 aliphatic rings. The minimum Gasteiger partial charge on any atom is -0.489 e. The lowest BCUT2D eigenvalue weighted by atomic mass is 10.3. The molecule has 0 fully saturated rings. The number of nitrogens with one attached hydrogen (secondary N) is 2. The molecule has 10 nitrogen and oxygen atoms in total. The number of benzene rings is 1. The van der Waals surface area contributed by atoms with E-state index in [2.05, 4.69) is 15.3 Å². The van der Waals surface area contributed by atoms with Crippen LogP contribution in [0.4, 0.5) is 5.95 Å². The first kappa shape index (κ1) is 22.2. The van der Waals surface area contributed by atoms with Gasteiger partial charge in [0.15, 0.2) is 11.2 Å². The lowest BCUT2D eigenvalue weighted by Gasteiger charge is -2.16. The van der Waals surface area contributed by atoms with Gasteiger partial charge in [0.05, 0.1) is 17.7 Å². The quantitative estimate of drug-likeness (QED) is 0.395. The Labute approximate surface area is 180 Å². The molecule has 1 aromatic carbocycles. The predicted molar refractivity (Wildman–Crippen MR) is 114 cm³/mol. The van der Waals surface area contributed by atoms with Gasteiger partial charge in [0.1, 0.15) is 18.5 Å². The lowest BCUT2D eigenvalue weighted by Crippen LogP contribution is -2.31. The minimum absolute atomic E-state index is 0.0643. The van der Waals surface area contributed by atoms with E-state index in [9.17, 15) is 19.8 Å². The summed E-state index contributed by atoms with van der Waals surface area (Å²) in [5.74, 6) is 0.574. The Kier molecular flexibility index (Phi) is 6.71. The molecule has 3 aromatic rings. The number of aryl methyl sites for hydroxylation is 1. The molecular weight excluding hydrogens is 437 g/mol. The SMILES string of the molecule is C[C@@H](O)CNc1nc2c(c(=O)[nH]c(=O)n2C)n1C[C@H](O)COc1ccc(Cl)cc1Cl. The van der Waals surface area contributed by atoms with E-state index in [0.29, 0.717) is 15.8 Å². The highest BCUT2D eigenvalue weighted by Gasteiger charge is 2.20. The molecule has 162 valence electrons. The zero-order chi connectivity index (χ0) is 22.0. The monoisotopic (exact) mass is 457 g/mol. The molecular formula is C18H21Cl2N5O5. The standard InChI is InChI=1S/C18H21Cl2N5O5/c1-9(26)6-21-17-22-15-14(16(28)23-18(29)24(15)2)25(17)7-11(27)8-30-13-4-3-10(19)5-12(13)20/h3-5,9,11,26-27H,6-8H2,1-2H3,(H,21,22)(H,23,28,29)/t9-,11+/m1/s1. The largest absolute Gasteiger partial charge is 0.489 e. The van der Waals surface area contributed by atoms with E-state index in [1.807, 2.05) is 0 Å². The molecule has 0 unspecified atom stereocenters. The van der Waals surface area contributed by atoms with E-state index < -0.39 is 23.5 Å². The van der Waals surface area contributed by atoms with E-state index in [1.165, 1.54) is 22.2 Å². The Morgan fingerprint density at radius 3 is 2.70 bits per heavy atom. The number of ether oxygens (including phenoxy) is 1. The van der Waals surface area contributed by atoms with Crippen LogP contribution in [0.15, 0.2) is 27.8 Å². The van der Waals surface area contributed by atoms with Gasteiger partial charge in [0.25, 0.3) is 5.56 Å². The van der Waals surface area contributed by atoms with Crippen LogP contribution in [0.25, 0.3) is 11.2 Å². The van der Waals surface area contributed by atoms with Gasteiger partial charge in [-0.2, -0.15) is 4.98 Å². The van der Waals surface area contributed by atoms with E-state index >= 15 is 0 Å². The maximum absolute atomic E-state index is 12.4. The molecule has 12 heteroatoms. The fourth-order valence-electron chi connectivity index (χ4n) is 2.83. The van der Waals surface area contributed by atoms with Crippen LogP contribution in [0.1, 0.15) is 6.92 Å². The smallest absolute Gasteiger partial charge is 0.329 e. The molecule has 2 atom stereocenters. The van der Waals surface area contributed by atoms with Gasteiger partial charge in [-0.15, -0.1) is 0 Å². The molecule has 0 aliphatic heterocycles. The van der Waals surface area contributed by atoms with E-state index in [4.69, 9.17) is 27.9 Å². The molecule has 0 spiro atoms. The summed E-state index contributed by atoms with van der Waals surface area (Å²) in [6.45, 7) is 1.55. The number of halogens is 2. The summed E-state index contributed by atoms with van der Waals surface area (Å²) in [4.78, 5) is 30.8. The van der Waals surface area contributed by atoms with Gasteiger partial charge in [-0.3, -0.25) is 14.3 Å². The Bertz CT molecular complexity index is 1170. The number of aliphatic hydroxyl groups is 2. The first-order chi connectivity index (χ1) is 14.2. The average Bonchev–Trinajstić information content (AvgIpc) is 3.02. The number of fused-ring (bicyclic) bond motifs is 1. The molecule has 2 aromatic heterocycles. The highest BCUT2D eigenvalue weighted by atomic mass is 35.5. The van der Waals surface area contributed by atoms with Crippen molar-refractivity contribution < 1.29 is 14.9 Å². The van der Waals surface area contributed by atoms with Gasteiger partial charge in [-0.05, 0) is 25.1 Å². The third-order valence-corrected chi connectivity index (χ3v) is 4.81. The summed E-state index contributed by atoms with van der Waals surface area (Å²) in [5.41, 5.74) is -1.00. The zero-order valence-electron chi connectivity index (χ0n) is 16.2. The third-order valence-electron chi connectivity index (χ3n) is 4.28. The molecule has 0 amide bonds. The fourth-order valence-corrected chi connectivity index (χ4v) is 3.29. The summed E-state index contributed by atoms with van der Waals surface area (Å²) >= 11 is 11.9. The fraction of sp³-hybridized carbons (Fsp3) is 0.389. The molecule has 30 heavy (non-hydrogen) atoms. The van der Waals surface area contributed by atoms with Crippen LogP contribution >= 0.6 is 23.2 Å². The van der Waals surface area contributed by atoms with Crippen LogP contribution < -0.4 is 21.3 Å². The summed E-state index contributed by atoms with van der Waals surface area (Å²) in [5, 5.41) is 23.7. The topological polar surface area (TPSA) is 134 Å². The van der Waals surface area contributed by atoms with Gasteiger partial charge in [0.2, 0.25) is 5.95 Å². The highest BCUT2D eigenvalue weighted by Crippen LogP contribution is 2.27. The van der Waals surface area contributed by atoms with Crippen molar-refractivity contribution in [3.63, 3.8) is 0 Å². The second-order valence-electron chi connectivity index (χ2n) is 6.81. The van der Waals surface area contributed by atoms with Crippen LogP contribution in [-0.2, 0) is 13.6 Å². The number of hydrogen-bond donors (Lipinski definition) is 4. The highest BCUT2D eigenvalue weighted by molar-refractivity contribution is 6.35. The maximum Gasteiger partial charge on any atom is 0.329 e. The molecule has 0 saturated heterocycles. The van der Waals surface area contributed by atoms with Crippen molar-refractivity contribution in [1.29, 1.82) is 0 Å². The van der Waals surface area contributed by atoms with Crippen LogP contribution in [0.3, 0.4) is 0 Å². The van der Waals surface area contributed by atoms with Crippen molar-refractivity contribution in [2.24, 2.45) is 7.05 Å². The Hall–Kier alpha value is -2.53. The van der Waals surface area contributed by atoms with Crippen molar-refractivity contribution in [1.82, 2.24) is 19.1 Å². The number of aliphatic hydroxyl groups excluding tert-OH is 2. The normalized spacial score (nSPS) is 13.4.